The molecule has 0 spiro atoms. The van der Waals surface area contributed by atoms with Crippen molar-refractivity contribution >= 4 is 27.4 Å². The molecular weight excluding hydrogens is 222 g/mol. The summed E-state index contributed by atoms with van der Waals surface area (Å²) in [5, 5.41) is 12.0. The van der Waals surface area contributed by atoms with Gasteiger partial charge >= 0.3 is 5.97 Å². The molecule has 0 aliphatic carbocycles. The van der Waals surface area contributed by atoms with Crippen LogP contribution in [-0.2, 0) is 4.79 Å². The molecule has 2 atom stereocenters. The van der Waals surface area contributed by atoms with E-state index in [1.165, 1.54) is 4.70 Å². The number of hydrogen-bond acceptors (Lipinski definition) is 3. The predicted molar refractivity (Wildman–Crippen MR) is 65.9 cm³/mol. The van der Waals surface area contributed by atoms with Gasteiger partial charge in [0.25, 0.3) is 0 Å². The molecule has 0 bridgehead atoms. The fourth-order valence-electron chi connectivity index (χ4n) is 1.82. The highest BCUT2D eigenvalue weighted by Gasteiger charge is 2.22. The summed E-state index contributed by atoms with van der Waals surface area (Å²) in [6.07, 6.45) is 0. The molecule has 0 saturated carbocycles. The second kappa shape index (κ2) is 4.23. The summed E-state index contributed by atoms with van der Waals surface area (Å²) in [5.74, 6) is -1.14. The lowest BCUT2D eigenvalue weighted by Crippen LogP contribution is -2.35. The molecule has 2 unspecified atom stereocenters. The fourth-order valence-corrected chi connectivity index (χ4v) is 2.64. The summed E-state index contributed by atoms with van der Waals surface area (Å²) in [7, 11) is 0. The van der Waals surface area contributed by atoms with Gasteiger partial charge in [0.2, 0.25) is 0 Å². The van der Waals surface area contributed by atoms with E-state index in [4.69, 9.17) is 10.8 Å². The van der Waals surface area contributed by atoms with Crippen LogP contribution in [0.5, 0.6) is 0 Å². The molecule has 4 heteroatoms. The summed E-state index contributed by atoms with van der Waals surface area (Å²) in [6.45, 7) is 1.85. The van der Waals surface area contributed by atoms with Crippen molar-refractivity contribution in [2.75, 3.05) is 0 Å². The van der Waals surface area contributed by atoms with Crippen molar-refractivity contribution in [3.8, 4) is 0 Å². The van der Waals surface area contributed by atoms with Crippen molar-refractivity contribution in [1.82, 2.24) is 0 Å². The number of rotatable bonds is 3. The van der Waals surface area contributed by atoms with Crippen LogP contribution in [0, 0.1) is 0 Å². The summed E-state index contributed by atoms with van der Waals surface area (Å²) >= 11 is 1.65. The number of fused-ring (bicyclic) bond motifs is 1. The van der Waals surface area contributed by atoms with Gasteiger partial charge in [0, 0.05) is 10.6 Å². The van der Waals surface area contributed by atoms with Gasteiger partial charge in [-0.15, -0.1) is 11.3 Å². The molecule has 84 valence electrons. The molecule has 3 N–H and O–H groups in total. The van der Waals surface area contributed by atoms with E-state index in [0.717, 1.165) is 10.9 Å². The Morgan fingerprint density at radius 1 is 1.44 bits per heavy atom. The molecule has 1 heterocycles. The predicted octanol–water partition coefficient (Wildman–Crippen LogP) is 2.42. The van der Waals surface area contributed by atoms with Gasteiger partial charge in [-0.25, -0.2) is 0 Å². The van der Waals surface area contributed by atoms with Crippen LogP contribution in [0.15, 0.2) is 29.6 Å². The number of carbonyl (C=O) groups is 1. The Balaban J connectivity index is 2.46. The molecule has 1 aromatic carbocycles. The zero-order valence-electron chi connectivity index (χ0n) is 8.88. The maximum Gasteiger partial charge on any atom is 0.321 e. The van der Waals surface area contributed by atoms with Crippen LogP contribution in [0.2, 0.25) is 0 Å². The number of aliphatic carboxylic acids is 1. The van der Waals surface area contributed by atoms with E-state index in [1.807, 2.05) is 36.6 Å². The maximum atomic E-state index is 10.9. The van der Waals surface area contributed by atoms with E-state index >= 15 is 0 Å². The van der Waals surface area contributed by atoms with Crippen molar-refractivity contribution in [1.29, 1.82) is 0 Å². The van der Waals surface area contributed by atoms with E-state index in [0.29, 0.717) is 0 Å². The number of nitrogens with two attached hydrogens (primary N) is 1. The second-order valence-corrected chi connectivity index (χ2v) is 4.78. The third-order valence-electron chi connectivity index (χ3n) is 2.84. The average Bonchev–Trinajstić information content (AvgIpc) is 2.74. The van der Waals surface area contributed by atoms with E-state index in [2.05, 4.69) is 0 Å². The Kier molecular flexibility index (Phi) is 2.94. The number of hydrogen-bond donors (Lipinski definition) is 2. The van der Waals surface area contributed by atoms with Gasteiger partial charge in [0.15, 0.2) is 0 Å². The summed E-state index contributed by atoms with van der Waals surface area (Å²) in [4.78, 5) is 10.9. The van der Waals surface area contributed by atoms with Crippen molar-refractivity contribution in [3.63, 3.8) is 0 Å². The average molecular weight is 235 g/mol. The first kappa shape index (κ1) is 11.1. The fraction of sp³-hybridized carbons (Fsp3) is 0.250. The van der Waals surface area contributed by atoms with E-state index in [1.54, 1.807) is 11.3 Å². The first-order chi connectivity index (χ1) is 7.61. The quantitative estimate of drug-likeness (QED) is 0.858. The molecule has 1 aromatic heterocycles. The highest BCUT2D eigenvalue weighted by molar-refractivity contribution is 7.17. The topological polar surface area (TPSA) is 63.3 Å². The van der Waals surface area contributed by atoms with Crippen molar-refractivity contribution in [2.45, 2.75) is 18.9 Å². The molecule has 3 nitrogen and oxygen atoms in total. The largest absolute Gasteiger partial charge is 0.480 e. The van der Waals surface area contributed by atoms with Crippen LogP contribution >= 0.6 is 11.3 Å². The van der Waals surface area contributed by atoms with Gasteiger partial charge in [-0.2, -0.15) is 0 Å². The number of benzene rings is 1. The molecule has 0 radical (unpaired) electrons. The molecule has 0 saturated heterocycles. The third-order valence-corrected chi connectivity index (χ3v) is 3.73. The van der Waals surface area contributed by atoms with Crippen LogP contribution in [0.3, 0.4) is 0 Å². The standard InChI is InChI=1S/C12H13NO2S/c1-7(11(13)12(14)15)8-3-2-4-10-9(8)5-6-16-10/h2-7,11H,13H2,1H3,(H,14,15). The number of carboxylic acids is 1. The first-order valence-corrected chi connectivity index (χ1v) is 5.93. The minimum atomic E-state index is -0.959. The SMILES string of the molecule is CC(c1cccc2sccc12)C(N)C(=O)O. The molecule has 0 fully saturated rings. The van der Waals surface area contributed by atoms with Gasteiger partial charge in [-0.05, 0) is 28.5 Å². The zero-order chi connectivity index (χ0) is 11.7. The maximum absolute atomic E-state index is 10.9. The first-order valence-electron chi connectivity index (χ1n) is 5.05. The molecule has 2 aromatic rings. The zero-order valence-corrected chi connectivity index (χ0v) is 9.70. The van der Waals surface area contributed by atoms with Crippen LogP contribution in [0.1, 0.15) is 18.4 Å². The van der Waals surface area contributed by atoms with Gasteiger partial charge in [0.1, 0.15) is 6.04 Å². The summed E-state index contributed by atoms with van der Waals surface area (Å²) in [6, 6.07) is 7.08. The lowest BCUT2D eigenvalue weighted by molar-refractivity contribution is -0.138. The van der Waals surface area contributed by atoms with Gasteiger partial charge in [-0.1, -0.05) is 19.1 Å². The van der Waals surface area contributed by atoms with E-state index < -0.39 is 12.0 Å². The second-order valence-electron chi connectivity index (χ2n) is 3.83. The Hall–Kier alpha value is -1.39. The molecule has 0 amide bonds. The number of thiophene rings is 1. The summed E-state index contributed by atoms with van der Waals surface area (Å²) < 4.78 is 1.17. The molecule has 0 aliphatic heterocycles. The lowest BCUT2D eigenvalue weighted by atomic mass is 9.91. The summed E-state index contributed by atoms with van der Waals surface area (Å²) in [5.41, 5.74) is 6.66. The van der Waals surface area contributed by atoms with Crippen LogP contribution in [-0.4, -0.2) is 17.1 Å². The third kappa shape index (κ3) is 1.81. The van der Waals surface area contributed by atoms with E-state index in [9.17, 15) is 4.79 Å². The van der Waals surface area contributed by atoms with Crippen molar-refractivity contribution in [2.24, 2.45) is 5.73 Å². The molecule has 16 heavy (non-hydrogen) atoms. The molecule has 0 aliphatic rings. The van der Waals surface area contributed by atoms with Crippen LogP contribution in [0.4, 0.5) is 0 Å². The van der Waals surface area contributed by atoms with Gasteiger partial charge in [-0.3, -0.25) is 4.79 Å². The Morgan fingerprint density at radius 3 is 2.88 bits per heavy atom. The smallest absolute Gasteiger partial charge is 0.321 e. The highest BCUT2D eigenvalue weighted by atomic mass is 32.1. The Bertz CT molecular complexity index is 520. The molecular formula is C12H13NO2S. The minimum absolute atomic E-state index is 0.184. The highest BCUT2D eigenvalue weighted by Crippen LogP contribution is 2.30. The Labute approximate surface area is 97.5 Å². The van der Waals surface area contributed by atoms with E-state index in [-0.39, 0.29) is 5.92 Å². The minimum Gasteiger partial charge on any atom is -0.480 e. The van der Waals surface area contributed by atoms with Gasteiger partial charge < -0.3 is 10.8 Å². The van der Waals surface area contributed by atoms with Crippen LogP contribution < -0.4 is 5.73 Å². The number of carboxylic acid groups (broad SMARTS) is 1. The van der Waals surface area contributed by atoms with Crippen LogP contribution in [0.25, 0.3) is 10.1 Å². The monoisotopic (exact) mass is 235 g/mol. The van der Waals surface area contributed by atoms with Crippen molar-refractivity contribution in [3.05, 3.63) is 35.2 Å². The normalized spacial score (nSPS) is 14.9. The lowest BCUT2D eigenvalue weighted by Gasteiger charge is -2.17. The van der Waals surface area contributed by atoms with Gasteiger partial charge in [0.05, 0.1) is 0 Å². The van der Waals surface area contributed by atoms with Crippen molar-refractivity contribution < 1.29 is 9.90 Å². The molecule has 2 rings (SSSR count). The Morgan fingerprint density at radius 2 is 2.19 bits per heavy atom.